The number of aromatic nitrogens is 3. The number of nitrogens with one attached hydrogen (secondary N) is 1. The van der Waals surface area contributed by atoms with Crippen molar-refractivity contribution in [3.63, 3.8) is 0 Å². The molecule has 0 bridgehead atoms. The second-order valence-electron chi connectivity index (χ2n) is 8.22. The predicted molar refractivity (Wildman–Crippen MR) is 139 cm³/mol. The van der Waals surface area contributed by atoms with Gasteiger partial charge in [0.05, 0.1) is 31.2 Å². The van der Waals surface area contributed by atoms with Crippen molar-refractivity contribution in [1.82, 2.24) is 14.7 Å². The summed E-state index contributed by atoms with van der Waals surface area (Å²) < 4.78 is 40.4. The van der Waals surface area contributed by atoms with Crippen molar-refractivity contribution in [2.45, 2.75) is 0 Å². The Hall–Kier alpha value is -5.32. The Bertz CT molecular complexity index is 1760. The first-order valence-electron chi connectivity index (χ1n) is 11.5. The number of carbonyl (C=O) groups excluding carboxylic acids is 1. The van der Waals surface area contributed by atoms with Crippen molar-refractivity contribution in [1.29, 1.82) is 0 Å². The largest absolute Gasteiger partial charge is 0.495 e. The fraction of sp³-hybridized carbons (Fsp3) is 0.0714. The molecule has 196 valence electrons. The topological polar surface area (TPSA) is 105 Å². The second-order valence-corrected chi connectivity index (χ2v) is 8.22. The van der Waals surface area contributed by atoms with Gasteiger partial charge < -0.3 is 19.6 Å². The van der Waals surface area contributed by atoms with Crippen molar-refractivity contribution in [3.05, 3.63) is 107 Å². The van der Waals surface area contributed by atoms with Crippen LogP contribution in [0.2, 0.25) is 0 Å². The molecule has 5 aromatic rings. The molecule has 0 aliphatic heterocycles. The van der Waals surface area contributed by atoms with Crippen LogP contribution in [0.15, 0.2) is 84.2 Å². The van der Waals surface area contributed by atoms with Crippen LogP contribution in [0.25, 0.3) is 22.2 Å². The number of carbonyl (C=O) groups is 1. The number of hydrogen-bond acceptors (Lipinski definition) is 7. The van der Waals surface area contributed by atoms with Crippen LogP contribution in [0, 0.1) is 11.6 Å². The van der Waals surface area contributed by atoms with Gasteiger partial charge in [0, 0.05) is 35.6 Å². The minimum Gasteiger partial charge on any atom is -0.495 e. The fourth-order valence-electron chi connectivity index (χ4n) is 3.82. The minimum absolute atomic E-state index is 0.0860. The van der Waals surface area contributed by atoms with Gasteiger partial charge >= 0.3 is 0 Å². The fourth-order valence-corrected chi connectivity index (χ4v) is 3.82. The van der Waals surface area contributed by atoms with Crippen LogP contribution in [0.5, 0.6) is 17.2 Å². The third-order valence-electron chi connectivity index (χ3n) is 5.77. The standard InChI is InChI=1S/C28H20F2N4O5/c1-37-19-12-23-26(32-13-19)25(9-10-31-23)39-24-8-7-18(11-22(24)30)33-28(36)21-15-34(38-2)14-20(27(21)35)16-3-5-17(29)6-4-16/h3-15H,1-2H3,(H,33,36). The quantitative estimate of drug-likeness (QED) is 0.321. The van der Waals surface area contributed by atoms with Crippen molar-refractivity contribution < 1.29 is 27.9 Å². The van der Waals surface area contributed by atoms with Gasteiger partial charge in [0.2, 0.25) is 5.43 Å². The lowest BCUT2D eigenvalue weighted by atomic mass is 10.0. The number of rotatable bonds is 7. The van der Waals surface area contributed by atoms with Crippen LogP contribution in [0.1, 0.15) is 10.4 Å². The lowest BCUT2D eigenvalue weighted by Gasteiger charge is -2.12. The first-order chi connectivity index (χ1) is 18.9. The Morgan fingerprint density at radius 3 is 2.46 bits per heavy atom. The molecule has 0 aliphatic carbocycles. The monoisotopic (exact) mass is 530 g/mol. The summed E-state index contributed by atoms with van der Waals surface area (Å²) in [6.45, 7) is 0. The van der Waals surface area contributed by atoms with E-state index >= 15 is 0 Å². The highest BCUT2D eigenvalue weighted by molar-refractivity contribution is 6.04. The average molecular weight is 530 g/mol. The number of amides is 1. The highest BCUT2D eigenvalue weighted by Crippen LogP contribution is 2.31. The van der Waals surface area contributed by atoms with E-state index < -0.39 is 23.0 Å². The Labute approximate surface area is 220 Å². The predicted octanol–water partition coefficient (Wildman–Crippen LogP) is 4.85. The maximum atomic E-state index is 15.0. The first-order valence-corrected chi connectivity index (χ1v) is 11.5. The van der Waals surface area contributed by atoms with Crippen LogP contribution in [0.4, 0.5) is 14.5 Å². The zero-order chi connectivity index (χ0) is 27.5. The van der Waals surface area contributed by atoms with Gasteiger partial charge in [-0.2, -0.15) is 4.73 Å². The molecule has 2 aromatic carbocycles. The smallest absolute Gasteiger partial charge is 0.261 e. The molecule has 5 rings (SSSR count). The summed E-state index contributed by atoms with van der Waals surface area (Å²) in [7, 11) is 2.86. The van der Waals surface area contributed by atoms with Crippen LogP contribution < -0.4 is 25.1 Å². The Balaban J connectivity index is 1.40. The summed E-state index contributed by atoms with van der Waals surface area (Å²) in [5.74, 6) is -1.35. The van der Waals surface area contributed by atoms with Gasteiger partial charge in [-0.3, -0.25) is 14.6 Å². The molecule has 0 fully saturated rings. The maximum absolute atomic E-state index is 15.0. The molecule has 0 spiro atoms. The Morgan fingerprint density at radius 2 is 1.74 bits per heavy atom. The molecule has 0 saturated carbocycles. The second kappa shape index (κ2) is 10.6. The maximum Gasteiger partial charge on any atom is 0.261 e. The van der Waals surface area contributed by atoms with E-state index in [0.717, 1.165) is 6.07 Å². The molecule has 0 radical (unpaired) electrons. The summed E-state index contributed by atoms with van der Waals surface area (Å²) in [6.07, 6.45) is 5.58. The van der Waals surface area contributed by atoms with Gasteiger partial charge in [0.1, 0.15) is 29.8 Å². The lowest BCUT2D eigenvalue weighted by molar-refractivity contribution is 0.101. The van der Waals surface area contributed by atoms with Crippen molar-refractivity contribution in [3.8, 4) is 28.4 Å². The summed E-state index contributed by atoms with van der Waals surface area (Å²) in [4.78, 5) is 39.8. The van der Waals surface area contributed by atoms with E-state index in [2.05, 4.69) is 15.3 Å². The number of hydrogen-bond donors (Lipinski definition) is 1. The number of anilines is 1. The number of ether oxygens (including phenoxy) is 2. The minimum atomic E-state index is -0.791. The summed E-state index contributed by atoms with van der Waals surface area (Å²) >= 11 is 0. The van der Waals surface area contributed by atoms with E-state index in [9.17, 15) is 18.4 Å². The highest BCUT2D eigenvalue weighted by atomic mass is 19.1. The van der Waals surface area contributed by atoms with Crippen LogP contribution in [-0.4, -0.2) is 34.8 Å². The molecule has 3 heterocycles. The number of pyridine rings is 3. The first kappa shape index (κ1) is 25.3. The Morgan fingerprint density at radius 1 is 0.949 bits per heavy atom. The molecule has 11 heteroatoms. The SMILES string of the molecule is COc1cnc2c(Oc3ccc(NC(=O)c4cn(OC)cc(-c5ccc(F)cc5)c4=O)cc3F)ccnc2c1. The van der Waals surface area contributed by atoms with Crippen LogP contribution >= 0.6 is 0 Å². The van der Waals surface area contributed by atoms with Gasteiger partial charge in [-0.05, 0) is 29.8 Å². The Kier molecular flexibility index (Phi) is 6.87. The van der Waals surface area contributed by atoms with E-state index in [-0.39, 0.29) is 28.3 Å². The van der Waals surface area contributed by atoms with E-state index in [0.29, 0.717) is 22.3 Å². The molecule has 0 unspecified atom stereocenters. The van der Waals surface area contributed by atoms with Gasteiger partial charge in [-0.25, -0.2) is 13.8 Å². The van der Waals surface area contributed by atoms with Crippen molar-refractivity contribution in [2.75, 3.05) is 19.5 Å². The third-order valence-corrected chi connectivity index (χ3v) is 5.77. The molecule has 9 nitrogen and oxygen atoms in total. The number of benzene rings is 2. The molecule has 0 aliphatic rings. The van der Waals surface area contributed by atoms with E-state index in [1.165, 1.54) is 80.1 Å². The zero-order valence-corrected chi connectivity index (χ0v) is 20.6. The van der Waals surface area contributed by atoms with Gasteiger partial charge in [-0.1, -0.05) is 12.1 Å². The highest BCUT2D eigenvalue weighted by Gasteiger charge is 2.18. The molecule has 0 atom stereocenters. The van der Waals surface area contributed by atoms with E-state index in [4.69, 9.17) is 14.3 Å². The van der Waals surface area contributed by atoms with Gasteiger partial charge in [-0.15, -0.1) is 0 Å². The molecule has 1 amide bonds. The summed E-state index contributed by atoms with van der Waals surface area (Å²) in [5, 5.41) is 2.51. The molecule has 1 N–H and O–H groups in total. The van der Waals surface area contributed by atoms with Crippen molar-refractivity contribution in [2.24, 2.45) is 0 Å². The number of halogens is 2. The number of fused-ring (bicyclic) bond motifs is 1. The zero-order valence-electron chi connectivity index (χ0n) is 20.6. The van der Waals surface area contributed by atoms with Gasteiger partial charge in [0.15, 0.2) is 17.3 Å². The summed E-state index contributed by atoms with van der Waals surface area (Å²) in [6, 6.07) is 12.3. The van der Waals surface area contributed by atoms with Crippen LogP contribution in [-0.2, 0) is 0 Å². The van der Waals surface area contributed by atoms with Crippen molar-refractivity contribution >= 4 is 22.6 Å². The number of methoxy groups -OCH3 is 1. The van der Waals surface area contributed by atoms with Gasteiger partial charge in [0.25, 0.3) is 5.91 Å². The average Bonchev–Trinajstić information content (AvgIpc) is 2.95. The molecule has 0 saturated heterocycles. The molecular weight excluding hydrogens is 510 g/mol. The molecule has 3 aromatic heterocycles. The van der Waals surface area contributed by atoms with Crippen LogP contribution in [0.3, 0.4) is 0 Å². The number of nitrogens with zero attached hydrogens (tertiary/aromatic N) is 3. The third kappa shape index (κ3) is 5.23. The molecule has 39 heavy (non-hydrogen) atoms. The summed E-state index contributed by atoms with van der Waals surface area (Å²) in [5.41, 5.74) is 0.640. The molecular formula is C28H20F2N4O5. The lowest BCUT2D eigenvalue weighted by Crippen LogP contribution is -2.25. The van der Waals surface area contributed by atoms with E-state index in [1.54, 1.807) is 12.1 Å². The normalized spacial score (nSPS) is 10.8. The van der Waals surface area contributed by atoms with E-state index in [1.807, 2.05) is 0 Å².